The van der Waals surface area contributed by atoms with Crippen LogP contribution in [0.5, 0.6) is 0 Å². The summed E-state index contributed by atoms with van der Waals surface area (Å²) >= 11 is 1.52. The second-order valence-electron chi connectivity index (χ2n) is 4.87. The van der Waals surface area contributed by atoms with E-state index in [1.807, 2.05) is 18.5 Å². The molecule has 108 valence electrons. The molecule has 0 aliphatic carbocycles. The van der Waals surface area contributed by atoms with Crippen LogP contribution < -0.4 is 5.32 Å². The molecule has 0 radical (unpaired) electrons. The second kappa shape index (κ2) is 6.21. The predicted octanol–water partition coefficient (Wildman–Crippen LogP) is 2.62. The zero-order valence-corrected chi connectivity index (χ0v) is 13.3. The summed E-state index contributed by atoms with van der Waals surface area (Å²) in [5, 5.41) is 13.0. The van der Waals surface area contributed by atoms with Crippen molar-refractivity contribution >= 4 is 17.6 Å². The van der Waals surface area contributed by atoms with E-state index in [2.05, 4.69) is 46.3 Å². The molecule has 0 aromatic carbocycles. The Hall–Kier alpha value is -1.63. The minimum Gasteiger partial charge on any atom is -0.370 e. The quantitative estimate of drug-likeness (QED) is 0.854. The van der Waals surface area contributed by atoms with Gasteiger partial charge in [0.1, 0.15) is 23.0 Å². The first-order valence-corrected chi connectivity index (χ1v) is 7.48. The number of aryl methyl sites for hydroxylation is 1. The molecule has 1 N–H and O–H groups in total. The van der Waals surface area contributed by atoms with Gasteiger partial charge in [-0.05, 0) is 25.6 Å². The lowest BCUT2D eigenvalue weighted by Gasteiger charge is -2.14. The van der Waals surface area contributed by atoms with E-state index < -0.39 is 0 Å². The highest BCUT2D eigenvalue weighted by Crippen LogP contribution is 2.30. The Kier molecular flexibility index (Phi) is 4.59. The van der Waals surface area contributed by atoms with Crippen molar-refractivity contribution < 1.29 is 0 Å². The number of nitrogens with one attached hydrogen (secondary N) is 1. The molecule has 2 aromatic rings. The first kappa shape index (κ1) is 14.8. The summed E-state index contributed by atoms with van der Waals surface area (Å²) in [5.74, 6) is 2.03. The summed E-state index contributed by atoms with van der Waals surface area (Å²) in [5.41, 5.74) is 1.05. The Bertz CT molecular complexity index is 593. The molecule has 2 rings (SSSR count). The van der Waals surface area contributed by atoms with Crippen LogP contribution in [0, 0.1) is 6.92 Å². The van der Waals surface area contributed by atoms with Crippen LogP contribution in [0.1, 0.15) is 38.1 Å². The van der Waals surface area contributed by atoms with E-state index in [9.17, 15) is 0 Å². The average Bonchev–Trinajstić information content (AvgIpc) is 2.79. The first-order valence-electron chi connectivity index (χ1n) is 6.67. The van der Waals surface area contributed by atoms with Gasteiger partial charge in [0.2, 0.25) is 0 Å². The Morgan fingerprint density at radius 2 is 2.10 bits per heavy atom. The van der Waals surface area contributed by atoms with Crippen LogP contribution in [0.4, 0.5) is 5.82 Å². The Morgan fingerprint density at radius 1 is 1.35 bits per heavy atom. The zero-order valence-electron chi connectivity index (χ0n) is 12.5. The normalized spacial score (nSPS) is 11.1. The van der Waals surface area contributed by atoms with Crippen molar-refractivity contribution in [1.82, 2.24) is 24.7 Å². The van der Waals surface area contributed by atoms with E-state index in [0.717, 1.165) is 33.9 Å². The highest BCUT2D eigenvalue weighted by atomic mass is 32.2. The number of hydrogen-bond acceptors (Lipinski definition) is 6. The monoisotopic (exact) mass is 292 g/mol. The summed E-state index contributed by atoms with van der Waals surface area (Å²) in [7, 11) is 1.92. The van der Waals surface area contributed by atoms with E-state index in [-0.39, 0.29) is 5.92 Å². The van der Waals surface area contributed by atoms with Gasteiger partial charge in [0.05, 0.1) is 0 Å². The van der Waals surface area contributed by atoms with Crippen LogP contribution in [0.3, 0.4) is 0 Å². The van der Waals surface area contributed by atoms with Crippen molar-refractivity contribution in [3.8, 4) is 0 Å². The summed E-state index contributed by atoms with van der Waals surface area (Å²) in [6, 6.07) is 0. The molecular formula is C13H20N6S. The van der Waals surface area contributed by atoms with Crippen molar-refractivity contribution in [2.75, 3.05) is 11.9 Å². The number of hydrogen-bond donors (Lipinski definition) is 1. The lowest BCUT2D eigenvalue weighted by Crippen LogP contribution is -2.08. The molecule has 0 amide bonds. The minimum atomic E-state index is 0.284. The molecule has 0 atom stereocenters. The number of anilines is 1. The largest absolute Gasteiger partial charge is 0.370 e. The summed E-state index contributed by atoms with van der Waals surface area (Å²) in [6.45, 7) is 9.12. The van der Waals surface area contributed by atoms with Gasteiger partial charge in [-0.25, -0.2) is 9.97 Å². The standard InChI is InChI=1S/C13H20N6S/c1-6-14-11-9(4)12(17-10(16-11)8(2)3)20-13-18-15-7-19(13)5/h7-8H,6H2,1-5H3,(H,14,16,17). The highest BCUT2D eigenvalue weighted by Gasteiger charge is 2.15. The molecule has 0 bridgehead atoms. The zero-order chi connectivity index (χ0) is 14.7. The first-order chi connectivity index (χ1) is 9.52. The molecule has 0 unspecified atom stereocenters. The van der Waals surface area contributed by atoms with E-state index in [4.69, 9.17) is 0 Å². The van der Waals surface area contributed by atoms with E-state index >= 15 is 0 Å². The van der Waals surface area contributed by atoms with Crippen molar-refractivity contribution in [3.63, 3.8) is 0 Å². The lowest BCUT2D eigenvalue weighted by molar-refractivity contribution is 0.744. The third kappa shape index (κ3) is 3.09. The number of nitrogens with zero attached hydrogens (tertiary/aromatic N) is 5. The maximum absolute atomic E-state index is 4.66. The molecule has 0 aliphatic rings. The van der Waals surface area contributed by atoms with Gasteiger partial charge >= 0.3 is 0 Å². The molecule has 0 saturated carbocycles. The van der Waals surface area contributed by atoms with E-state index in [1.54, 1.807) is 6.33 Å². The van der Waals surface area contributed by atoms with Crippen LogP contribution in [0.25, 0.3) is 0 Å². The highest BCUT2D eigenvalue weighted by molar-refractivity contribution is 7.99. The van der Waals surface area contributed by atoms with E-state index in [0.29, 0.717) is 0 Å². The Morgan fingerprint density at radius 3 is 2.65 bits per heavy atom. The van der Waals surface area contributed by atoms with Crippen molar-refractivity contribution in [3.05, 3.63) is 17.7 Å². The second-order valence-corrected chi connectivity index (χ2v) is 5.83. The average molecular weight is 292 g/mol. The van der Waals surface area contributed by atoms with Gasteiger partial charge in [-0.2, -0.15) is 0 Å². The molecule has 6 nitrogen and oxygen atoms in total. The molecule has 7 heteroatoms. The van der Waals surface area contributed by atoms with Gasteiger partial charge in [-0.3, -0.25) is 0 Å². The maximum Gasteiger partial charge on any atom is 0.197 e. The summed E-state index contributed by atoms with van der Waals surface area (Å²) in [4.78, 5) is 9.26. The fraction of sp³-hybridized carbons (Fsp3) is 0.538. The van der Waals surface area contributed by atoms with Gasteiger partial charge < -0.3 is 9.88 Å². The van der Waals surface area contributed by atoms with Gasteiger partial charge in [-0.1, -0.05) is 13.8 Å². The third-order valence-electron chi connectivity index (χ3n) is 2.84. The van der Waals surface area contributed by atoms with Gasteiger partial charge in [0.25, 0.3) is 0 Å². The van der Waals surface area contributed by atoms with Crippen molar-refractivity contribution in [1.29, 1.82) is 0 Å². The third-order valence-corrected chi connectivity index (χ3v) is 3.98. The van der Waals surface area contributed by atoms with Crippen molar-refractivity contribution in [2.45, 2.75) is 43.8 Å². The fourth-order valence-corrected chi connectivity index (χ4v) is 2.50. The SMILES string of the molecule is CCNc1nc(C(C)C)nc(Sc2nncn2C)c1C. The van der Waals surface area contributed by atoms with Crippen LogP contribution in [-0.2, 0) is 7.05 Å². The molecule has 0 fully saturated rings. The minimum absolute atomic E-state index is 0.284. The predicted molar refractivity (Wildman–Crippen MR) is 80.1 cm³/mol. The van der Waals surface area contributed by atoms with Crippen LogP contribution in [0.2, 0.25) is 0 Å². The fourth-order valence-electron chi connectivity index (χ4n) is 1.66. The Labute approximate surface area is 123 Å². The molecule has 20 heavy (non-hydrogen) atoms. The van der Waals surface area contributed by atoms with Crippen LogP contribution in [0.15, 0.2) is 16.5 Å². The smallest absolute Gasteiger partial charge is 0.197 e. The summed E-state index contributed by atoms with van der Waals surface area (Å²) < 4.78 is 1.88. The molecule has 0 saturated heterocycles. The topological polar surface area (TPSA) is 68.5 Å². The molecule has 0 aliphatic heterocycles. The number of rotatable bonds is 5. The van der Waals surface area contributed by atoms with Crippen LogP contribution in [-0.4, -0.2) is 31.3 Å². The van der Waals surface area contributed by atoms with E-state index in [1.165, 1.54) is 11.8 Å². The van der Waals surface area contributed by atoms with Gasteiger partial charge in [0.15, 0.2) is 5.16 Å². The number of aromatic nitrogens is 5. The molecular weight excluding hydrogens is 272 g/mol. The van der Waals surface area contributed by atoms with Crippen LogP contribution >= 0.6 is 11.8 Å². The maximum atomic E-state index is 4.66. The Balaban J connectivity index is 2.42. The summed E-state index contributed by atoms with van der Waals surface area (Å²) in [6.07, 6.45) is 1.69. The van der Waals surface area contributed by atoms with Crippen molar-refractivity contribution in [2.24, 2.45) is 7.05 Å². The molecule has 2 aromatic heterocycles. The lowest BCUT2D eigenvalue weighted by atomic mass is 10.2. The van der Waals surface area contributed by atoms with Gasteiger partial charge in [-0.15, -0.1) is 10.2 Å². The molecule has 2 heterocycles. The van der Waals surface area contributed by atoms with Gasteiger partial charge in [0, 0.05) is 25.1 Å². The molecule has 0 spiro atoms.